The van der Waals surface area contributed by atoms with Crippen molar-refractivity contribution in [1.82, 2.24) is 0 Å². The average Bonchev–Trinajstić information content (AvgIpc) is 3.43. The van der Waals surface area contributed by atoms with Gasteiger partial charge in [-0.3, -0.25) is 9.59 Å². The summed E-state index contributed by atoms with van der Waals surface area (Å²) in [7, 11) is 0. The lowest BCUT2D eigenvalue weighted by molar-refractivity contribution is -0.254. The third-order valence-electron chi connectivity index (χ3n) is 7.43. The predicted molar refractivity (Wildman–Crippen MR) is 151 cm³/mol. The van der Waals surface area contributed by atoms with Crippen LogP contribution in [-0.4, -0.2) is 30.3 Å². The van der Waals surface area contributed by atoms with Crippen molar-refractivity contribution in [2.45, 2.75) is 45.5 Å². The van der Waals surface area contributed by atoms with Crippen LogP contribution < -0.4 is 0 Å². The van der Waals surface area contributed by atoms with Gasteiger partial charge in [-0.2, -0.15) is 26.3 Å². The molecule has 212 valence electrons. The molecule has 0 saturated heterocycles. The van der Waals surface area contributed by atoms with Gasteiger partial charge in [-0.15, -0.1) is 22.7 Å². The van der Waals surface area contributed by atoms with Crippen molar-refractivity contribution in [1.29, 1.82) is 0 Å². The van der Waals surface area contributed by atoms with E-state index >= 15 is 26.3 Å². The fraction of sp³-hybridized carbons (Fsp3) is 0.226. The molecule has 41 heavy (non-hydrogen) atoms. The molecule has 0 bridgehead atoms. The maximum atomic E-state index is 15.7. The number of aldehydes is 2. The summed E-state index contributed by atoms with van der Waals surface area (Å²) in [6, 6.07) is 12.4. The summed E-state index contributed by atoms with van der Waals surface area (Å²) in [6.45, 7) is 5.78. The molecule has 10 heteroatoms. The number of thiophene rings is 2. The van der Waals surface area contributed by atoms with Gasteiger partial charge in [0, 0.05) is 52.9 Å². The van der Waals surface area contributed by atoms with Gasteiger partial charge in [0.05, 0.1) is 0 Å². The first kappa shape index (κ1) is 29.0. The highest BCUT2D eigenvalue weighted by atomic mass is 32.1. The van der Waals surface area contributed by atoms with E-state index in [1.165, 1.54) is 52.0 Å². The third-order valence-corrected chi connectivity index (χ3v) is 9.94. The zero-order valence-corrected chi connectivity index (χ0v) is 23.8. The molecule has 0 aliphatic heterocycles. The second kappa shape index (κ2) is 9.80. The van der Waals surface area contributed by atoms with Gasteiger partial charge in [0.2, 0.25) is 0 Å². The quantitative estimate of drug-likeness (QED) is 0.162. The maximum Gasteiger partial charge on any atom is 0.380 e. The second-order valence-corrected chi connectivity index (χ2v) is 12.4. The van der Waals surface area contributed by atoms with Crippen molar-refractivity contribution in [3.05, 3.63) is 91.7 Å². The second-order valence-electron chi connectivity index (χ2n) is 9.93. The van der Waals surface area contributed by atoms with Crippen LogP contribution in [0.5, 0.6) is 0 Å². The van der Waals surface area contributed by atoms with Crippen LogP contribution in [0.2, 0.25) is 0 Å². The van der Waals surface area contributed by atoms with E-state index in [9.17, 15) is 9.59 Å². The molecule has 0 unspecified atom stereocenters. The molecular formula is C31H22F6O2S2. The van der Waals surface area contributed by atoms with Crippen molar-refractivity contribution in [2.75, 3.05) is 0 Å². The summed E-state index contributed by atoms with van der Waals surface area (Å²) in [5.41, 5.74) is -1.23. The summed E-state index contributed by atoms with van der Waals surface area (Å²) in [4.78, 5) is 23.4. The fourth-order valence-electron chi connectivity index (χ4n) is 5.41. The number of hydrogen-bond donors (Lipinski definition) is 0. The molecule has 2 aromatic heterocycles. The minimum Gasteiger partial charge on any atom is -0.298 e. The van der Waals surface area contributed by atoms with Gasteiger partial charge >= 0.3 is 17.8 Å². The van der Waals surface area contributed by atoms with Crippen molar-refractivity contribution in [3.8, 4) is 20.9 Å². The fourth-order valence-corrected chi connectivity index (χ4v) is 7.75. The van der Waals surface area contributed by atoms with E-state index in [1.54, 1.807) is 24.3 Å². The van der Waals surface area contributed by atoms with Gasteiger partial charge in [0.15, 0.2) is 0 Å². The number of alkyl halides is 6. The number of carbonyl (C=O) groups is 2. The lowest BCUT2D eigenvalue weighted by Crippen LogP contribution is -2.49. The van der Waals surface area contributed by atoms with Gasteiger partial charge in [0.25, 0.3) is 0 Å². The Labute approximate surface area is 240 Å². The monoisotopic (exact) mass is 604 g/mol. The number of benzene rings is 2. The standard InChI is InChI=1S/C31H22F6O2S2/c1-15-23(17(3)40-27(15)21-9-5-19(13-38)6-10-21)25-26(30(34,35)31(36,37)29(25,32)33)24-16(2)28(41-18(24)4)22-11-7-20(14-39)8-12-22/h5-14H,1-4H3. The van der Waals surface area contributed by atoms with Crippen LogP contribution in [0.3, 0.4) is 0 Å². The highest BCUT2D eigenvalue weighted by Crippen LogP contribution is 2.67. The van der Waals surface area contributed by atoms with Crippen LogP contribution in [0.4, 0.5) is 26.3 Å². The number of halogens is 6. The van der Waals surface area contributed by atoms with Crippen molar-refractivity contribution in [3.63, 3.8) is 0 Å². The number of hydrogen-bond acceptors (Lipinski definition) is 4. The van der Waals surface area contributed by atoms with E-state index in [0.29, 0.717) is 44.6 Å². The lowest BCUT2D eigenvalue weighted by atomic mass is 9.89. The van der Waals surface area contributed by atoms with Crippen LogP contribution in [0.15, 0.2) is 48.5 Å². The molecule has 4 aromatic rings. The van der Waals surface area contributed by atoms with E-state index in [2.05, 4.69) is 0 Å². The summed E-state index contributed by atoms with van der Waals surface area (Å²) >= 11 is 2.07. The van der Waals surface area contributed by atoms with Gasteiger partial charge < -0.3 is 0 Å². The molecule has 5 rings (SSSR count). The van der Waals surface area contributed by atoms with Crippen LogP contribution >= 0.6 is 22.7 Å². The molecular weight excluding hydrogens is 582 g/mol. The first-order chi connectivity index (χ1) is 19.2. The number of carbonyl (C=O) groups excluding carboxylic acids is 2. The minimum absolute atomic E-state index is 0.169. The zero-order valence-electron chi connectivity index (χ0n) is 22.2. The minimum atomic E-state index is -5.68. The predicted octanol–water partition coefficient (Wildman–Crippen LogP) is 9.83. The number of aryl methyl sites for hydroxylation is 2. The van der Waals surface area contributed by atoms with Gasteiger partial charge in [0.1, 0.15) is 12.6 Å². The Balaban J connectivity index is 1.81. The molecule has 1 aliphatic carbocycles. The van der Waals surface area contributed by atoms with Crippen molar-refractivity contribution >= 4 is 46.4 Å². The Kier molecular flexibility index (Phi) is 6.94. The summed E-state index contributed by atoms with van der Waals surface area (Å²) in [5, 5.41) is 0. The molecule has 0 amide bonds. The normalized spacial score (nSPS) is 17.2. The molecule has 0 fully saturated rings. The highest BCUT2D eigenvalue weighted by molar-refractivity contribution is 7.16. The number of rotatable bonds is 6. The average molecular weight is 605 g/mol. The molecule has 2 nitrogen and oxygen atoms in total. The molecule has 0 saturated carbocycles. The number of allylic oxidation sites excluding steroid dienone is 2. The van der Waals surface area contributed by atoms with Crippen LogP contribution in [0.25, 0.3) is 32.0 Å². The molecule has 0 radical (unpaired) electrons. The van der Waals surface area contributed by atoms with E-state index in [4.69, 9.17) is 0 Å². The van der Waals surface area contributed by atoms with E-state index in [-0.39, 0.29) is 32.0 Å². The van der Waals surface area contributed by atoms with Gasteiger partial charge in [-0.1, -0.05) is 48.5 Å². The molecule has 2 heterocycles. The Bertz CT molecular complexity index is 1600. The van der Waals surface area contributed by atoms with Crippen molar-refractivity contribution in [2.24, 2.45) is 0 Å². The van der Waals surface area contributed by atoms with Crippen LogP contribution in [-0.2, 0) is 0 Å². The van der Waals surface area contributed by atoms with Crippen LogP contribution in [0.1, 0.15) is 52.7 Å². The molecule has 0 spiro atoms. The Morgan fingerprint density at radius 3 is 1.17 bits per heavy atom. The van der Waals surface area contributed by atoms with E-state index in [0.717, 1.165) is 22.7 Å². The first-order valence-corrected chi connectivity index (χ1v) is 14.0. The topological polar surface area (TPSA) is 34.1 Å². The van der Waals surface area contributed by atoms with Crippen molar-refractivity contribution < 1.29 is 35.9 Å². The highest BCUT2D eigenvalue weighted by Gasteiger charge is 2.80. The summed E-state index contributed by atoms with van der Waals surface area (Å²) in [5.74, 6) is -16.0. The maximum absolute atomic E-state index is 15.7. The lowest BCUT2D eigenvalue weighted by Gasteiger charge is -2.26. The Hall–Kier alpha value is -3.50. The zero-order chi connectivity index (χ0) is 30.1. The SMILES string of the molecule is Cc1sc(-c2ccc(C=O)cc2)c(C)c1C1=C(c2c(C)sc(-c3ccc(C=O)cc3)c2C)C(F)(F)C(F)(F)C1(F)F. The summed E-state index contributed by atoms with van der Waals surface area (Å²) in [6.07, 6.45) is 1.27. The molecule has 0 atom stereocenters. The third kappa shape index (κ3) is 4.14. The smallest absolute Gasteiger partial charge is 0.298 e. The molecule has 0 N–H and O–H groups in total. The summed E-state index contributed by atoms with van der Waals surface area (Å²) < 4.78 is 93.0. The molecule has 2 aromatic carbocycles. The van der Waals surface area contributed by atoms with E-state index in [1.807, 2.05) is 0 Å². The van der Waals surface area contributed by atoms with Gasteiger partial charge in [-0.25, -0.2) is 0 Å². The van der Waals surface area contributed by atoms with Crippen LogP contribution in [0, 0.1) is 27.7 Å². The molecule has 1 aliphatic rings. The first-order valence-electron chi connectivity index (χ1n) is 12.4. The van der Waals surface area contributed by atoms with E-state index < -0.39 is 28.9 Å². The Morgan fingerprint density at radius 2 is 0.878 bits per heavy atom. The Morgan fingerprint density at radius 1 is 0.561 bits per heavy atom. The van der Waals surface area contributed by atoms with Gasteiger partial charge in [-0.05, 0) is 49.9 Å². The largest absolute Gasteiger partial charge is 0.380 e.